The van der Waals surface area contributed by atoms with E-state index in [1.54, 1.807) is 13.2 Å². The molecule has 7 nitrogen and oxygen atoms in total. The average Bonchev–Trinajstić information content (AvgIpc) is 2.95. The van der Waals surface area contributed by atoms with Crippen LogP contribution in [0.1, 0.15) is 31.0 Å². The van der Waals surface area contributed by atoms with Gasteiger partial charge in [-0.2, -0.15) is 5.10 Å². The van der Waals surface area contributed by atoms with Crippen molar-refractivity contribution in [1.82, 2.24) is 14.7 Å². The van der Waals surface area contributed by atoms with E-state index in [4.69, 9.17) is 5.11 Å². The maximum absolute atomic E-state index is 12.3. The Morgan fingerprint density at radius 2 is 2.12 bits per heavy atom. The number of aryl methyl sites for hydroxylation is 1. The Kier molecular flexibility index (Phi) is 6.16. The van der Waals surface area contributed by atoms with Gasteiger partial charge in [-0.15, -0.1) is 0 Å². The van der Waals surface area contributed by atoms with Gasteiger partial charge in [-0.3, -0.25) is 4.79 Å². The molecule has 0 aliphatic heterocycles. The highest BCUT2D eigenvalue weighted by Crippen LogP contribution is 2.22. The monoisotopic (exact) mass is 344 g/mol. The van der Waals surface area contributed by atoms with Crippen LogP contribution in [0.4, 0.5) is 10.5 Å². The number of carboxylic acid groups (broad SMARTS) is 1. The number of amides is 2. The number of carbonyl (C=O) groups excluding carboxylic acids is 1. The number of urea groups is 1. The molecule has 0 atom stereocenters. The van der Waals surface area contributed by atoms with Crippen LogP contribution in [0, 0.1) is 6.92 Å². The number of aromatic nitrogens is 2. The topological polar surface area (TPSA) is 87.5 Å². The smallest absolute Gasteiger partial charge is 0.321 e. The van der Waals surface area contributed by atoms with E-state index in [2.05, 4.69) is 17.3 Å². The van der Waals surface area contributed by atoms with Gasteiger partial charge in [-0.25, -0.2) is 9.48 Å². The van der Waals surface area contributed by atoms with Gasteiger partial charge in [0.25, 0.3) is 0 Å². The molecule has 0 aliphatic carbocycles. The third-order valence-electron chi connectivity index (χ3n) is 3.85. The standard InChI is InChI=1S/C18H24N4O3/c1-4-6-16-15(20-18(25)21(3)10-9-17(23)24)12-19-22(16)14-8-5-7-13(2)11-14/h5,7-8,11-12H,4,6,9-10H2,1-3H3,(H,20,25)(H,23,24). The third-order valence-corrected chi connectivity index (χ3v) is 3.85. The predicted molar refractivity (Wildman–Crippen MR) is 96.2 cm³/mol. The van der Waals surface area contributed by atoms with Crippen LogP contribution in [0.5, 0.6) is 0 Å². The quantitative estimate of drug-likeness (QED) is 0.808. The van der Waals surface area contributed by atoms with E-state index in [9.17, 15) is 9.59 Å². The van der Waals surface area contributed by atoms with Crippen LogP contribution in [-0.4, -0.2) is 45.4 Å². The highest BCUT2D eigenvalue weighted by atomic mass is 16.4. The fraction of sp³-hybridized carbons (Fsp3) is 0.389. The van der Waals surface area contributed by atoms with Gasteiger partial charge in [-0.05, 0) is 31.0 Å². The van der Waals surface area contributed by atoms with Crippen LogP contribution in [0.2, 0.25) is 0 Å². The SMILES string of the molecule is CCCc1c(NC(=O)N(C)CCC(=O)O)cnn1-c1cccc(C)c1. The van der Waals surface area contributed by atoms with Gasteiger partial charge in [-0.1, -0.05) is 25.5 Å². The van der Waals surface area contributed by atoms with E-state index < -0.39 is 5.97 Å². The molecule has 0 fully saturated rings. The maximum Gasteiger partial charge on any atom is 0.321 e. The minimum Gasteiger partial charge on any atom is -0.481 e. The van der Waals surface area contributed by atoms with Crippen molar-refractivity contribution >= 4 is 17.7 Å². The Labute approximate surface area is 147 Å². The molecule has 0 spiro atoms. The van der Waals surface area contributed by atoms with E-state index in [1.165, 1.54) is 4.90 Å². The number of hydrogen-bond donors (Lipinski definition) is 2. The second-order valence-electron chi connectivity index (χ2n) is 6.00. The van der Waals surface area contributed by atoms with E-state index in [0.29, 0.717) is 5.69 Å². The molecular formula is C18H24N4O3. The van der Waals surface area contributed by atoms with Crippen LogP contribution in [0.3, 0.4) is 0 Å². The molecule has 134 valence electrons. The lowest BCUT2D eigenvalue weighted by Crippen LogP contribution is -2.33. The number of anilines is 1. The molecule has 0 aliphatic rings. The molecule has 2 N–H and O–H groups in total. The first-order valence-corrected chi connectivity index (χ1v) is 8.30. The van der Waals surface area contributed by atoms with Gasteiger partial charge in [0.2, 0.25) is 0 Å². The Bertz CT molecular complexity index is 755. The summed E-state index contributed by atoms with van der Waals surface area (Å²) in [5.74, 6) is -0.932. The lowest BCUT2D eigenvalue weighted by atomic mass is 10.2. The van der Waals surface area contributed by atoms with Crippen molar-refractivity contribution in [3.05, 3.63) is 41.7 Å². The number of hydrogen-bond acceptors (Lipinski definition) is 3. The average molecular weight is 344 g/mol. The van der Waals surface area contributed by atoms with Gasteiger partial charge in [0, 0.05) is 13.6 Å². The Balaban J connectivity index is 2.21. The maximum atomic E-state index is 12.3. The van der Waals surface area contributed by atoms with Gasteiger partial charge in [0.15, 0.2) is 0 Å². The molecule has 0 radical (unpaired) electrons. The molecule has 1 aromatic carbocycles. The Morgan fingerprint density at radius 3 is 2.76 bits per heavy atom. The van der Waals surface area contributed by atoms with Crippen molar-refractivity contribution in [2.24, 2.45) is 0 Å². The van der Waals surface area contributed by atoms with E-state index in [1.807, 2.05) is 35.9 Å². The van der Waals surface area contributed by atoms with Crippen molar-refractivity contribution < 1.29 is 14.7 Å². The van der Waals surface area contributed by atoms with Crippen molar-refractivity contribution in [2.45, 2.75) is 33.1 Å². The van der Waals surface area contributed by atoms with Gasteiger partial charge in [0.1, 0.15) is 0 Å². The van der Waals surface area contributed by atoms with Crippen LogP contribution >= 0.6 is 0 Å². The van der Waals surface area contributed by atoms with Gasteiger partial charge in [0.05, 0.1) is 29.7 Å². The number of carbonyl (C=O) groups is 2. The first-order valence-electron chi connectivity index (χ1n) is 8.30. The lowest BCUT2D eigenvalue weighted by Gasteiger charge is -2.17. The molecule has 0 saturated carbocycles. The first kappa shape index (κ1) is 18.5. The van der Waals surface area contributed by atoms with Gasteiger partial charge >= 0.3 is 12.0 Å². The summed E-state index contributed by atoms with van der Waals surface area (Å²) in [6.07, 6.45) is 3.22. The minimum atomic E-state index is -0.932. The Hall–Kier alpha value is -2.83. The number of carboxylic acids is 1. The van der Waals surface area contributed by atoms with Crippen LogP contribution in [0.15, 0.2) is 30.5 Å². The molecule has 1 aromatic heterocycles. The summed E-state index contributed by atoms with van der Waals surface area (Å²) in [6.45, 7) is 4.24. The highest BCUT2D eigenvalue weighted by Gasteiger charge is 2.16. The molecule has 2 amide bonds. The van der Waals surface area contributed by atoms with Crippen LogP contribution in [0.25, 0.3) is 5.69 Å². The molecule has 0 saturated heterocycles. The molecule has 25 heavy (non-hydrogen) atoms. The third kappa shape index (κ3) is 4.82. The number of nitrogens with zero attached hydrogens (tertiary/aromatic N) is 3. The minimum absolute atomic E-state index is 0.0890. The van der Waals surface area contributed by atoms with Crippen molar-refractivity contribution in [3.63, 3.8) is 0 Å². The molecule has 0 unspecified atom stereocenters. The molecule has 2 rings (SSSR count). The first-order chi connectivity index (χ1) is 11.9. The van der Waals surface area contributed by atoms with E-state index in [0.717, 1.165) is 29.8 Å². The molecule has 1 heterocycles. The van der Waals surface area contributed by atoms with Crippen molar-refractivity contribution in [2.75, 3.05) is 18.9 Å². The summed E-state index contributed by atoms with van der Waals surface area (Å²) in [4.78, 5) is 24.3. The Morgan fingerprint density at radius 1 is 1.36 bits per heavy atom. The zero-order valence-corrected chi connectivity index (χ0v) is 14.8. The highest BCUT2D eigenvalue weighted by molar-refractivity contribution is 5.90. The normalized spacial score (nSPS) is 10.5. The molecule has 7 heteroatoms. The van der Waals surface area contributed by atoms with Crippen molar-refractivity contribution in [1.29, 1.82) is 0 Å². The largest absolute Gasteiger partial charge is 0.481 e. The summed E-state index contributed by atoms with van der Waals surface area (Å²) >= 11 is 0. The second-order valence-corrected chi connectivity index (χ2v) is 6.00. The molecule has 2 aromatic rings. The van der Waals surface area contributed by atoms with Crippen LogP contribution < -0.4 is 5.32 Å². The summed E-state index contributed by atoms with van der Waals surface area (Å²) in [7, 11) is 1.57. The van der Waals surface area contributed by atoms with E-state index in [-0.39, 0.29) is 19.0 Å². The summed E-state index contributed by atoms with van der Waals surface area (Å²) < 4.78 is 1.84. The zero-order chi connectivity index (χ0) is 18.4. The fourth-order valence-electron chi connectivity index (χ4n) is 2.51. The van der Waals surface area contributed by atoms with E-state index >= 15 is 0 Å². The number of aliphatic carboxylic acids is 1. The number of nitrogens with one attached hydrogen (secondary N) is 1. The van der Waals surface area contributed by atoms with Crippen LogP contribution in [-0.2, 0) is 11.2 Å². The number of rotatable bonds is 7. The summed E-state index contributed by atoms with van der Waals surface area (Å²) in [5.41, 5.74) is 3.65. The zero-order valence-electron chi connectivity index (χ0n) is 14.8. The second kappa shape index (κ2) is 8.32. The predicted octanol–water partition coefficient (Wildman–Crippen LogP) is 3.07. The van der Waals surface area contributed by atoms with Gasteiger partial charge < -0.3 is 15.3 Å². The fourth-order valence-corrected chi connectivity index (χ4v) is 2.51. The summed E-state index contributed by atoms with van der Waals surface area (Å²) in [6, 6.07) is 7.66. The molecule has 0 bridgehead atoms. The summed E-state index contributed by atoms with van der Waals surface area (Å²) in [5, 5.41) is 16.0. The number of benzene rings is 1. The van der Waals surface area contributed by atoms with Crippen molar-refractivity contribution in [3.8, 4) is 5.69 Å². The molecular weight excluding hydrogens is 320 g/mol. The lowest BCUT2D eigenvalue weighted by molar-refractivity contribution is -0.137.